The van der Waals surface area contributed by atoms with Gasteiger partial charge in [0, 0.05) is 18.6 Å². The molecule has 1 aromatic heterocycles. The van der Waals surface area contributed by atoms with Gasteiger partial charge < -0.3 is 0 Å². The summed E-state index contributed by atoms with van der Waals surface area (Å²) in [6.07, 6.45) is 4.12. The summed E-state index contributed by atoms with van der Waals surface area (Å²) in [6, 6.07) is 3.75. The van der Waals surface area contributed by atoms with Crippen molar-refractivity contribution in [3.05, 3.63) is 30.1 Å². The van der Waals surface area contributed by atoms with E-state index in [0.717, 1.165) is 5.56 Å². The Bertz CT molecular complexity index is 162. The number of H-pyrrole nitrogens is 1. The minimum absolute atomic E-state index is 0.274. The van der Waals surface area contributed by atoms with Gasteiger partial charge in [-0.1, -0.05) is 0 Å². The Morgan fingerprint density at radius 2 is 2.00 bits per heavy atom. The molecule has 0 atom stereocenters. The van der Waals surface area contributed by atoms with Gasteiger partial charge in [0.15, 0.2) is 12.4 Å². The molecule has 0 fully saturated rings. The summed E-state index contributed by atoms with van der Waals surface area (Å²) in [5.41, 5.74) is 1.04. The van der Waals surface area contributed by atoms with Gasteiger partial charge in [-0.15, -0.1) is 0 Å². The number of rotatable bonds is 2. The van der Waals surface area contributed by atoms with Crippen molar-refractivity contribution >= 4 is 0 Å². The molecular formula is C7H9FN+. The molecule has 1 rings (SSSR count). The van der Waals surface area contributed by atoms with E-state index in [2.05, 4.69) is 4.98 Å². The van der Waals surface area contributed by atoms with Gasteiger partial charge in [0.25, 0.3) is 0 Å². The first kappa shape index (κ1) is 6.20. The van der Waals surface area contributed by atoms with E-state index in [0.29, 0.717) is 6.42 Å². The fourth-order valence-corrected chi connectivity index (χ4v) is 0.697. The maximum absolute atomic E-state index is 11.7. The molecule has 0 unspecified atom stereocenters. The van der Waals surface area contributed by atoms with E-state index in [-0.39, 0.29) is 6.67 Å². The molecule has 0 spiro atoms. The van der Waals surface area contributed by atoms with Crippen LogP contribution in [0.3, 0.4) is 0 Å². The molecule has 0 aromatic carbocycles. The molecule has 0 amide bonds. The summed E-state index contributed by atoms with van der Waals surface area (Å²) in [7, 11) is 0. The van der Waals surface area contributed by atoms with Crippen molar-refractivity contribution < 1.29 is 9.37 Å². The first-order valence-corrected chi connectivity index (χ1v) is 2.94. The lowest BCUT2D eigenvalue weighted by molar-refractivity contribution is -0.378. The molecule has 0 saturated heterocycles. The molecular weight excluding hydrogens is 117 g/mol. The van der Waals surface area contributed by atoms with Gasteiger partial charge in [0.1, 0.15) is 0 Å². The third kappa shape index (κ3) is 1.80. The van der Waals surface area contributed by atoms with E-state index in [1.54, 1.807) is 12.4 Å². The second-order valence-corrected chi connectivity index (χ2v) is 1.85. The van der Waals surface area contributed by atoms with Crippen LogP contribution in [0, 0.1) is 0 Å². The van der Waals surface area contributed by atoms with E-state index in [1.807, 2.05) is 12.1 Å². The molecule has 1 heterocycles. The van der Waals surface area contributed by atoms with Crippen molar-refractivity contribution in [1.29, 1.82) is 0 Å². The van der Waals surface area contributed by atoms with Crippen molar-refractivity contribution in [1.82, 2.24) is 0 Å². The van der Waals surface area contributed by atoms with Crippen LogP contribution in [-0.2, 0) is 6.42 Å². The highest BCUT2D eigenvalue weighted by Crippen LogP contribution is 1.94. The Labute approximate surface area is 53.5 Å². The van der Waals surface area contributed by atoms with E-state index >= 15 is 0 Å². The average Bonchev–Trinajstić information content (AvgIpc) is 1.91. The topological polar surface area (TPSA) is 14.1 Å². The second-order valence-electron chi connectivity index (χ2n) is 1.85. The number of aryl methyl sites for hydroxylation is 1. The average molecular weight is 126 g/mol. The van der Waals surface area contributed by atoms with Crippen LogP contribution in [0.15, 0.2) is 24.5 Å². The first-order chi connectivity index (χ1) is 4.43. The van der Waals surface area contributed by atoms with E-state index in [9.17, 15) is 4.39 Å². The molecule has 0 radical (unpaired) electrons. The summed E-state index contributed by atoms with van der Waals surface area (Å²) in [5.74, 6) is 0. The van der Waals surface area contributed by atoms with Crippen LogP contribution in [0.25, 0.3) is 0 Å². The number of halogens is 1. The highest BCUT2D eigenvalue weighted by molar-refractivity contribution is 5.06. The molecule has 1 aromatic rings. The zero-order valence-corrected chi connectivity index (χ0v) is 5.10. The Morgan fingerprint density at radius 3 is 2.56 bits per heavy atom. The van der Waals surface area contributed by atoms with Crippen molar-refractivity contribution in [3.63, 3.8) is 0 Å². The molecule has 0 saturated carbocycles. The second kappa shape index (κ2) is 3.17. The zero-order valence-electron chi connectivity index (χ0n) is 5.10. The maximum Gasteiger partial charge on any atom is 0.167 e. The van der Waals surface area contributed by atoms with Gasteiger partial charge in [0.2, 0.25) is 0 Å². The van der Waals surface area contributed by atoms with Gasteiger partial charge in [-0.2, -0.15) is 0 Å². The van der Waals surface area contributed by atoms with Crippen molar-refractivity contribution in [2.75, 3.05) is 6.67 Å². The lowest BCUT2D eigenvalue weighted by atomic mass is 10.2. The molecule has 1 N–H and O–H groups in total. The number of aromatic nitrogens is 1. The summed E-state index contributed by atoms with van der Waals surface area (Å²) in [4.78, 5) is 2.87. The lowest BCUT2D eigenvalue weighted by Crippen LogP contribution is -1.98. The number of pyridine rings is 1. The Hall–Kier alpha value is -0.920. The standard InChI is InChI=1S/C7H8FN/c8-4-1-7-2-5-9-6-3-7/h2-3,5-6H,1,4H2/p+1. The minimum Gasteiger partial charge on any atom is -0.251 e. The van der Waals surface area contributed by atoms with Crippen molar-refractivity contribution in [3.8, 4) is 0 Å². The Morgan fingerprint density at radius 1 is 1.33 bits per heavy atom. The molecule has 0 aliphatic carbocycles. The largest absolute Gasteiger partial charge is 0.251 e. The van der Waals surface area contributed by atoms with Crippen molar-refractivity contribution in [2.24, 2.45) is 0 Å². The van der Waals surface area contributed by atoms with Gasteiger partial charge in [0.05, 0.1) is 6.67 Å². The fraction of sp³-hybridized carbons (Fsp3) is 0.286. The quantitative estimate of drug-likeness (QED) is 0.561. The van der Waals surface area contributed by atoms with Gasteiger partial charge in [-0.3, -0.25) is 4.39 Å². The van der Waals surface area contributed by atoms with Gasteiger partial charge in [-0.05, 0) is 5.56 Å². The molecule has 2 heteroatoms. The molecule has 0 bridgehead atoms. The Kier molecular flexibility index (Phi) is 2.19. The van der Waals surface area contributed by atoms with Crippen LogP contribution in [-0.4, -0.2) is 6.67 Å². The first-order valence-electron chi connectivity index (χ1n) is 2.94. The van der Waals surface area contributed by atoms with Crippen molar-refractivity contribution in [2.45, 2.75) is 6.42 Å². The normalized spacial score (nSPS) is 9.44. The maximum atomic E-state index is 11.7. The summed E-state index contributed by atoms with van der Waals surface area (Å²) >= 11 is 0. The predicted octanol–water partition coefficient (Wildman–Crippen LogP) is 1.01. The van der Waals surface area contributed by atoms with Crippen LogP contribution in [0.5, 0.6) is 0 Å². The third-order valence-electron chi connectivity index (χ3n) is 1.17. The van der Waals surface area contributed by atoms with E-state index in [4.69, 9.17) is 0 Å². The number of hydrogen-bond donors (Lipinski definition) is 0. The summed E-state index contributed by atoms with van der Waals surface area (Å²) in [6.45, 7) is -0.274. The van der Waals surface area contributed by atoms with Crippen LogP contribution < -0.4 is 4.98 Å². The Balaban J connectivity index is 2.61. The number of hydrogen-bond acceptors (Lipinski definition) is 0. The summed E-state index contributed by atoms with van der Waals surface area (Å²) < 4.78 is 11.7. The zero-order chi connectivity index (χ0) is 6.53. The highest BCUT2D eigenvalue weighted by Gasteiger charge is 1.90. The molecule has 9 heavy (non-hydrogen) atoms. The molecule has 0 aliphatic heterocycles. The SMILES string of the molecule is FCCc1cc[nH+]cc1. The number of aromatic amines is 1. The fourth-order valence-electron chi connectivity index (χ4n) is 0.697. The highest BCUT2D eigenvalue weighted by atomic mass is 19.1. The lowest BCUT2D eigenvalue weighted by Gasteiger charge is -1.88. The smallest absolute Gasteiger partial charge is 0.167 e. The minimum atomic E-state index is -0.274. The third-order valence-corrected chi connectivity index (χ3v) is 1.17. The van der Waals surface area contributed by atoms with Crippen LogP contribution in [0.2, 0.25) is 0 Å². The molecule has 48 valence electrons. The number of nitrogens with one attached hydrogen (secondary N) is 1. The number of alkyl halides is 1. The van der Waals surface area contributed by atoms with Crippen LogP contribution >= 0.6 is 0 Å². The van der Waals surface area contributed by atoms with Gasteiger partial charge in [-0.25, -0.2) is 4.98 Å². The predicted molar refractivity (Wildman–Crippen MR) is 32.7 cm³/mol. The van der Waals surface area contributed by atoms with E-state index < -0.39 is 0 Å². The van der Waals surface area contributed by atoms with Crippen LogP contribution in [0.1, 0.15) is 5.56 Å². The molecule has 1 nitrogen and oxygen atoms in total. The molecule has 0 aliphatic rings. The summed E-state index contributed by atoms with van der Waals surface area (Å²) in [5, 5.41) is 0. The van der Waals surface area contributed by atoms with Crippen LogP contribution in [0.4, 0.5) is 4.39 Å². The van der Waals surface area contributed by atoms with Gasteiger partial charge >= 0.3 is 0 Å². The van der Waals surface area contributed by atoms with E-state index in [1.165, 1.54) is 0 Å². The monoisotopic (exact) mass is 126 g/mol.